The van der Waals surface area contributed by atoms with Gasteiger partial charge in [0.1, 0.15) is 0 Å². The van der Waals surface area contributed by atoms with Crippen LogP contribution in [0.15, 0.2) is 24.3 Å². The summed E-state index contributed by atoms with van der Waals surface area (Å²) in [6.45, 7) is 6.07. The molecule has 0 radical (unpaired) electrons. The largest absolute Gasteiger partial charge is 0.394 e. The summed E-state index contributed by atoms with van der Waals surface area (Å²) >= 11 is 0. The Hall–Kier alpha value is -1.20. The van der Waals surface area contributed by atoms with Gasteiger partial charge >= 0.3 is 10.4 Å². The molecule has 0 fully saturated rings. The van der Waals surface area contributed by atoms with Crippen molar-refractivity contribution in [2.45, 2.75) is 13.8 Å². The molecule has 10 heteroatoms. The van der Waals surface area contributed by atoms with Gasteiger partial charge in [-0.05, 0) is 31.5 Å². The molecule has 0 saturated heterocycles. The molecule has 22 heavy (non-hydrogen) atoms. The molecule has 0 spiro atoms. The minimum atomic E-state index is -4.67. The first kappa shape index (κ1) is 20.8. The minimum Gasteiger partial charge on any atom is -0.370 e. The highest BCUT2D eigenvalue weighted by atomic mass is 32.3. The molecule has 0 aromatic heterocycles. The third-order valence-electron chi connectivity index (χ3n) is 2.49. The lowest BCUT2D eigenvalue weighted by molar-refractivity contribution is 0.381. The maximum Gasteiger partial charge on any atom is 0.394 e. The van der Waals surface area contributed by atoms with Crippen molar-refractivity contribution >= 4 is 26.1 Å². The van der Waals surface area contributed by atoms with Gasteiger partial charge in [0.15, 0.2) is 0 Å². The monoisotopic (exact) mass is 354 g/mol. The molecule has 0 unspecified atom stereocenters. The van der Waals surface area contributed by atoms with E-state index in [0.29, 0.717) is 13.1 Å². The van der Waals surface area contributed by atoms with Crippen molar-refractivity contribution in [2.24, 2.45) is 0 Å². The summed E-state index contributed by atoms with van der Waals surface area (Å²) in [6.07, 6.45) is 1.18. The smallest absolute Gasteiger partial charge is 0.370 e. The summed E-state index contributed by atoms with van der Waals surface area (Å²) in [7, 11) is -7.76. The first-order chi connectivity index (χ1) is 9.92. The van der Waals surface area contributed by atoms with Crippen LogP contribution in [0.25, 0.3) is 0 Å². The van der Waals surface area contributed by atoms with Gasteiger partial charge in [0.05, 0.1) is 6.26 Å². The van der Waals surface area contributed by atoms with E-state index in [9.17, 15) is 8.42 Å². The Balaban J connectivity index is 0.000000763. The summed E-state index contributed by atoms with van der Waals surface area (Å²) in [5, 5.41) is 0. The lowest BCUT2D eigenvalue weighted by Gasteiger charge is -2.23. The normalized spacial score (nSPS) is 11.5. The number of nitrogens with zero attached hydrogens (tertiary/aromatic N) is 1. The van der Waals surface area contributed by atoms with E-state index >= 15 is 0 Å². The SMILES string of the molecule is CCN(CCNS(C)(=O)=O)c1cccc(C)c1.O=S(=O)(O)O. The van der Waals surface area contributed by atoms with Gasteiger partial charge < -0.3 is 4.90 Å². The van der Waals surface area contributed by atoms with Crippen molar-refractivity contribution in [2.75, 3.05) is 30.8 Å². The first-order valence-electron chi connectivity index (χ1n) is 6.38. The molecular weight excluding hydrogens is 332 g/mol. The molecule has 0 atom stereocenters. The van der Waals surface area contributed by atoms with Crippen molar-refractivity contribution in [3.05, 3.63) is 29.8 Å². The molecule has 0 bridgehead atoms. The summed E-state index contributed by atoms with van der Waals surface area (Å²) in [4.78, 5) is 2.14. The van der Waals surface area contributed by atoms with Crippen LogP contribution in [-0.4, -0.2) is 51.8 Å². The van der Waals surface area contributed by atoms with E-state index in [1.165, 1.54) is 11.8 Å². The molecular formula is C12H22N2O6S2. The molecule has 3 N–H and O–H groups in total. The lowest BCUT2D eigenvalue weighted by atomic mass is 10.2. The zero-order chi connectivity index (χ0) is 17.4. The Morgan fingerprint density at radius 3 is 2.14 bits per heavy atom. The molecule has 0 saturated carbocycles. The highest BCUT2D eigenvalue weighted by molar-refractivity contribution is 7.88. The highest BCUT2D eigenvalue weighted by Crippen LogP contribution is 2.14. The summed E-state index contributed by atoms with van der Waals surface area (Å²) < 4.78 is 56.0. The van der Waals surface area contributed by atoms with E-state index in [1.54, 1.807) is 0 Å². The predicted molar refractivity (Wildman–Crippen MR) is 86.1 cm³/mol. The van der Waals surface area contributed by atoms with Crippen LogP contribution in [0.3, 0.4) is 0 Å². The van der Waals surface area contributed by atoms with Gasteiger partial charge in [-0.15, -0.1) is 0 Å². The van der Waals surface area contributed by atoms with Gasteiger partial charge in [0, 0.05) is 25.3 Å². The van der Waals surface area contributed by atoms with Crippen molar-refractivity contribution in [1.82, 2.24) is 4.72 Å². The van der Waals surface area contributed by atoms with E-state index in [1.807, 2.05) is 25.1 Å². The second-order valence-corrected chi connectivity index (χ2v) is 7.26. The lowest BCUT2D eigenvalue weighted by Crippen LogP contribution is -2.34. The minimum absolute atomic E-state index is 0.431. The van der Waals surface area contributed by atoms with Crippen LogP contribution in [0.2, 0.25) is 0 Å². The van der Waals surface area contributed by atoms with Gasteiger partial charge in [-0.1, -0.05) is 12.1 Å². The van der Waals surface area contributed by atoms with E-state index in [-0.39, 0.29) is 0 Å². The Kier molecular flexibility index (Phi) is 8.56. The molecule has 0 amide bonds. The molecule has 0 aliphatic heterocycles. The number of aryl methyl sites for hydroxylation is 1. The van der Waals surface area contributed by atoms with Crippen LogP contribution in [0.1, 0.15) is 12.5 Å². The van der Waals surface area contributed by atoms with Crippen molar-refractivity contribution < 1.29 is 25.9 Å². The van der Waals surface area contributed by atoms with E-state index in [4.69, 9.17) is 17.5 Å². The van der Waals surface area contributed by atoms with Gasteiger partial charge in [-0.2, -0.15) is 8.42 Å². The Morgan fingerprint density at radius 1 is 1.18 bits per heavy atom. The summed E-state index contributed by atoms with van der Waals surface area (Å²) in [5.74, 6) is 0. The average Bonchev–Trinajstić information content (AvgIpc) is 2.31. The molecule has 0 aliphatic carbocycles. The van der Waals surface area contributed by atoms with Crippen molar-refractivity contribution in [3.8, 4) is 0 Å². The van der Waals surface area contributed by atoms with Crippen molar-refractivity contribution in [3.63, 3.8) is 0 Å². The molecule has 128 valence electrons. The fourth-order valence-electron chi connectivity index (χ4n) is 1.66. The Bertz CT molecular complexity index is 650. The number of hydrogen-bond acceptors (Lipinski definition) is 5. The number of rotatable bonds is 6. The number of hydrogen-bond donors (Lipinski definition) is 3. The van der Waals surface area contributed by atoms with Gasteiger partial charge in [0.25, 0.3) is 0 Å². The quantitative estimate of drug-likeness (QED) is 0.643. The molecule has 0 aliphatic rings. The maximum atomic E-state index is 11.0. The third-order valence-corrected chi connectivity index (χ3v) is 3.22. The number of sulfonamides is 1. The van der Waals surface area contributed by atoms with E-state index < -0.39 is 20.4 Å². The zero-order valence-corrected chi connectivity index (χ0v) is 14.4. The van der Waals surface area contributed by atoms with E-state index in [2.05, 4.69) is 22.6 Å². The van der Waals surface area contributed by atoms with Crippen LogP contribution < -0.4 is 9.62 Å². The first-order valence-corrected chi connectivity index (χ1v) is 9.67. The van der Waals surface area contributed by atoms with Crippen LogP contribution in [-0.2, 0) is 20.4 Å². The van der Waals surface area contributed by atoms with Gasteiger partial charge in [-0.3, -0.25) is 9.11 Å². The Labute approximate surface area is 131 Å². The molecule has 1 aromatic rings. The fraction of sp³-hybridized carbons (Fsp3) is 0.500. The van der Waals surface area contributed by atoms with E-state index in [0.717, 1.165) is 12.2 Å². The second kappa shape index (κ2) is 9.06. The fourth-order valence-corrected chi connectivity index (χ4v) is 2.12. The molecule has 8 nitrogen and oxygen atoms in total. The average molecular weight is 354 g/mol. The standard InChI is InChI=1S/C12H20N2O2S.H2O4S/c1-4-14(9-8-13-17(3,15)16)12-7-5-6-11(2)10-12;1-5(2,3)4/h5-7,10,13H,4,8-9H2,1-3H3;(H2,1,2,3,4). The molecule has 1 rings (SSSR count). The summed E-state index contributed by atoms with van der Waals surface area (Å²) in [6, 6.07) is 8.20. The number of benzene rings is 1. The number of anilines is 1. The second-order valence-electron chi connectivity index (χ2n) is 4.53. The highest BCUT2D eigenvalue weighted by Gasteiger charge is 2.05. The number of nitrogens with one attached hydrogen (secondary N) is 1. The zero-order valence-electron chi connectivity index (χ0n) is 12.7. The van der Waals surface area contributed by atoms with Crippen molar-refractivity contribution in [1.29, 1.82) is 0 Å². The van der Waals surface area contributed by atoms with Crippen LogP contribution >= 0.6 is 0 Å². The maximum absolute atomic E-state index is 11.0. The van der Waals surface area contributed by atoms with Crippen LogP contribution in [0.4, 0.5) is 5.69 Å². The van der Waals surface area contributed by atoms with Crippen LogP contribution in [0, 0.1) is 6.92 Å². The van der Waals surface area contributed by atoms with Gasteiger partial charge in [-0.25, -0.2) is 13.1 Å². The topological polar surface area (TPSA) is 124 Å². The van der Waals surface area contributed by atoms with Gasteiger partial charge in [0.2, 0.25) is 10.0 Å². The third kappa shape index (κ3) is 12.5. The predicted octanol–water partition coefficient (Wildman–Crippen LogP) is 0.718. The Morgan fingerprint density at radius 2 is 1.73 bits per heavy atom. The van der Waals surface area contributed by atoms with Crippen LogP contribution in [0.5, 0.6) is 0 Å². The number of likely N-dealkylation sites (N-methyl/N-ethyl adjacent to an activating group) is 1. The molecule has 0 heterocycles. The summed E-state index contributed by atoms with van der Waals surface area (Å²) in [5.41, 5.74) is 2.33. The molecule has 1 aromatic carbocycles.